The zero-order chi connectivity index (χ0) is 13.5. The quantitative estimate of drug-likeness (QED) is 0.605. The summed E-state index contributed by atoms with van der Waals surface area (Å²) in [5, 5.41) is 2.67. The summed E-state index contributed by atoms with van der Waals surface area (Å²) in [5.41, 5.74) is 8.49. The van der Waals surface area contributed by atoms with E-state index >= 15 is 0 Å². The van der Waals surface area contributed by atoms with E-state index in [1.165, 1.54) is 25.7 Å². The first-order chi connectivity index (χ1) is 9.84. The van der Waals surface area contributed by atoms with Gasteiger partial charge in [0.15, 0.2) is 0 Å². The van der Waals surface area contributed by atoms with Crippen LogP contribution in [0.15, 0.2) is 60.7 Å². The Morgan fingerprint density at radius 2 is 1.90 bits per heavy atom. The van der Waals surface area contributed by atoms with E-state index in [0.29, 0.717) is 5.92 Å². The average molecular weight is 277 g/mol. The fourth-order valence-electron chi connectivity index (χ4n) is 3.00. The molecule has 1 aliphatic carbocycles. The number of rotatable bonds is 1. The number of nitrogens with two attached hydrogens (primary N) is 1. The second kappa shape index (κ2) is 4.50. The fourth-order valence-corrected chi connectivity index (χ4v) is 4.32. The molecular weight excluding hydrogens is 262 g/mol. The minimum atomic E-state index is 0.400. The number of fused-ring (bicyclic) bond motifs is 3. The maximum atomic E-state index is 6.29. The topological polar surface area (TPSA) is 26.0 Å². The second-order valence-electron chi connectivity index (χ2n) is 5.20. The Hall–Kier alpha value is -2.06. The molecule has 0 saturated carbocycles. The first-order valence-electron chi connectivity index (χ1n) is 6.87. The lowest BCUT2D eigenvalue weighted by Gasteiger charge is -2.16. The van der Waals surface area contributed by atoms with Crippen LogP contribution < -0.4 is 5.73 Å². The van der Waals surface area contributed by atoms with Crippen molar-refractivity contribution >= 4 is 37.2 Å². The molecule has 0 saturated heterocycles. The summed E-state index contributed by atoms with van der Waals surface area (Å²) >= 11 is 1.86. The molecule has 1 heterocycles. The van der Waals surface area contributed by atoms with Crippen molar-refractivity contribution < 1.29 is 0 Å². The van der Waals surface area contributed by atoms with Gasteiger partial charge >= 0.3 is 0 Å². The predicted molar refractivity (Wildman–Crippen MR) is 89.4 cm³/mol. The maximum Gasteiger partial charge on any atom is 0.0414 e. The molecule has 2 aromatic carbocycles. The average Bonchev–Trinajstić information content (AvgIpc) is 2.86. The molecule has 1 aromatic heterocycles. The zero-order valence-corrected chi connectivity index (χ0v) is 11.9. The van der Waals surface area contributed by atoms with Crippen LogP contribution in [-0.4, -0.2) is 0 Å². The molecule has 0 bridgehead atoms. The van der Waals surface area contributed by atoms with Crippen LogP contribution in [0.25, 0.3) is 20.2 Å². The van der Waals surface area contributed by atoms with Gasteiger partial charge in [-0.05, 0) is 18.6 Å². The predicted octanol–water partition coefficient (Wildman–Crippen LogP) is 5.24. The van der Waals surface area contributed by atoms with Gasteiger partial charge in [0, 0.05) is 37.3 Å². The third-order valence-electron chi connectivity index (χ3n) is 3.97. The third kappa shape index (κ3) is 1.69. The third-order valence-corrected chi connectivity index (χ3v) is 5.19. The Kier molecular flexibility index (Phi) is 2.64. The minimum absolute atomic E-state index is 0.400. The van der Waals surface area contributed by atoms with Crippen LogP contribution in [0.4, 0.5) is 5.69 Å². The van der Waals surface area contributed by atoms with Crippen LogP contribution in [0.2, 0.25) is 0 Å². The summed E-state index contributed by atoms with van der Waals surface area (Å²) in [7, 11) is 0. The van der Waals surface area contributed by atoms with Gasteiger partial charge in [-0.3, -0.25) is 0 Å². The molecule has 3 aromatic rings. The smallest absolute Gasteiger partial charge is 0.0414 e. The molecule has 1 atom stereocenters. The number of benzene rings is 2. The Morgan fingerprint density at radius 1 is 1.00 bits per heavy atom. The summed E-state index contributed by atoms with van der Waals surface area (Å²) in [5.74, 6) is 0.400. The molecule has 1 aliphatic rings. The molecule has 2 N–H and O–H groups in total. The van der Waals surface area contributed by atoms with Crippen LogP contribution in [0.5, 0.6) is 0 Å². The Balaban J connectivity index is 2.05. The van der Waals surface area contributed by atoms with Gasteiger partial charge in [-0.15, -0.1) is 11.3 Å². The van der Waals surface area contributed by atoms with Crippen molar-refractivity contribution in [3.8, 4) is 0 Å². The molecule has 2 heteroatoms. The highest BCUT2D eigenvalue weighted by atomic mass is 32.1. The van der Waals surface area contributed by atoms with Gasteiger partial charge in [-0.25, -0.2) is 0 Å². The molecule has 1 unspecified atom stereocenters. The van der Waals surface area contributed by atoms with Crippen molar-refractivity contribution in [1.82, 2.24) is 0 Å². The van der Waals surface area contributed by atoms with Crippen LogP contribution >= 0.6 is 11.3 Å². The normalized spacial score (nSPS) is 18.1. The van der Waals surface area contributed by atoms with Crippen molar-refractivity contribution in [2.75, 3.05) is 5.73 Å². The minimum Gasteiger partial charge on any atom is -0.398 e. The number of nitrogen functional groups attached to an aromatic ring is 1. The molecule has 0 aliphatic heterocycles. The van der Waals surface area contributed by atoms with Gasteiger partial charge in [-0.1, -0.05) is 48.6 Å². The number of anilines is 1. The summed E-state index contributed by atoms with van der Waals surface area (Å²) in [4.78, 5) is 0. The van der Waals surface area contributed by atoms with Gasteiger partial charge in [0.25, 0.3) is 0 Å². The zero-order valence-electron chi connectivity index (χ0n) is 11.0. The summed E-state index contributed by atoms with van der Waals surface area (Å²) < 4.78 is 2.68. The lowest BCUT2D eigenvalue weighted by molar-refractivity contribution is 0.866. The Labute approximate surface area is 122 Å². The van der Waals surface area contributed by atoms with Gasteiger partial charge in [0.1, 0.15) is 0 Å². The Morgan fingerprint density at radius 3 is 2.75 bits per heavy atom. The second-order valence-corrected chi connectivity index (χ2v) is 6.25. The monoisotopic (exact) mass is 277 g/mol. The molecular formula is C18H15NS. The molecule has 20 heavy (non-hydrogen) atoms. The standard InChI is InChI=1S/C18H15NS/c19-15-11-10-14-13-8-4-5-9-16(13)20-18(14)17(15)12-6-2-1-3-7-12/h1-6,8-12H,7,19H2. The molecule has 0 fully saturated rings. The Bertz CT molecular complexity index is 854. The SMILES string of the molecule is Nc1ccc2c(sc3ccccc32)c1C1C=CC=CC1. The van der Waals surface area contributed by atoms with Crippen molar-refractivity contribution in [3.05, 3.63) is 66.3 Å². The largest absolute Gasteiger partial charge is 0.398 e. The first-order valence-corrected chi connectivity index (χ1v) is 7.69. The van der Waals surface area contributed by atoms with E-state index in [1.807, 2.05) is 11.3 Å². The molecule has 4 rings (SSSR count). The summed E-state index contributed by atoms with van der Waals surface area (Å²) in [6.07, 6.45) is 9.75. The van der Waals surface area contributed by atoms with Gasteiger partial charge in [0.2, 0.25) is 0 Å². The van der Waals surface area contributed by atoms with E-state index in [0.717, 1.165) is 12.1 Å². The van der Waals surface area contributed by atoms with E-state index in [4.69, 9.17) is 5.73 Å². The van der Waals surface area contributed by atoms with E-state index in [9.17, 15) is 0 Å². The number of hydrogen-bond acceptors (Lipinski definition) is 2. The van der Waals surface area contributed by atoms with E-state index in [1.54, 1.807) is 0 Å². The van der Waals surface area contributed by atoms with E-state index in [-0.39, 0.29) is 0 Å². The fraction of sp³-hybridized carbons (Fsp3) is 0.111. The van der Waals surface area contributed by atoms with E-state index in [2.05, 4.69) is 60.7 Å². The van der Waals surface area contributed by atoms with Crippen molar-refractivity contribution in [3.63, 3.8) is 0 Å². The highest BCUT2D eigenvalue weighted by molar-refractivity contribution is 7.26. The number of allylic oxidation sites excluding steroid dienone is 4. The van der Waals surface area contributed by atoms with Gasteiger partial charge in [0.05, 0.1) is 0 Å². The molecule has 0 amide bonds. The highest BCUT2D eigenvalue weighted by Crippen LogP contribution is 2.42. The number of thiophene rings is 1. The van der Waals surface area contributed by atoms with Crippen LogP contribution in [0, 0.1) is 0 Å². The lowest BCUT2D eigenvalue weighted by atomic mass is 9.90. The first kappa shape index (κ1) is 11.7. The maximum absolute atomic E-state index is 6.29. The van der Waals surface area contributed by atoms with Crippen molar-refractivity contribution in [2.45, 2.75) is 12.3 Å². The van der Waals surface area contributed by atoms with Gasteiger partial charge < -0.3 is 5.73 Å². The molecule has 0 radical (unpaired) electrons. The molecule has 1 nitrogen and oxygen atoms in total. The number of hydrogen-bond donors (Lipinski definition) is 1. The van der Waals surface area contributed by atoms with Crippen LogP contribution in [0.3, 0.4) is 0 Å². The molecule has 0 spiro atoms. The van der Waals surface area contributed by atoms with E-state index < -0.39 is 0 Å². The lowest BCUT2D eigenvalue weighted by Crippen LogP contribution is -2.01. The highest BCUT2D eigenvalue weighted by Gasteiger charge is 2.18. The summed E-state index contributed by atoms with van der Waals surface area (Å²) in [6, 6.07) is 12.8. The summed E-state index contributed by atoms with van der Waals surface area (Å²) in [6.45, 7) is 0. The van der Waals surface area contributed by atoms with Crippen molar-refractivity contribution in [2.24, 2.45) is 0 Å². The van der Waals surface area contributed by atoms with Crippen LogP contribution in [0.1, 0.15) is 17.9 Å². The van der Waals surface area contributed by atoms with Crippen LogP contribution in [-0.2, 0) is 0 Å². The van der Waals surface area contributed by atoms with Gasteiger partial charge in [-0.2, -0.15) is 0 Å². The molecule has 98 valence electrons. The van der Waals surface area contributed by atoms with Crippen molar-refractivity contribution in [1.29, 1.82) is 0 Å².